The molecule has 0 spiro atoms. The van der Waals surface area contributed by atoms with E-state index in [0.717, 1.165) is 34.7 Å². The van der Waals surface area contributed by atoms with Crippen molar-refractivity contribution in [2.45, 2.75) is 20.3 Å². The highest BCUT2D eigenvalue weighted by Crippen LogP contribution is 2.31. The number of aromatic nitrogens is 1. The lowest BCUT2D eigenvalue weighted by atomic mass is 10.2. The van der Waals surface area contributed by atoms with Gasteiger partial charge in [-0.05, 0) is 62.4 Å². The molecule has 0 saturated carbocycles. The number of anilines is 1. The number of amides is 2. The number of nitrogens with one attached hydrogen (secondary N) is 2. The van der Waals surface area contributed by atoms with Crippen LogP contribution in [0, 0.1) is 6.92 Å². The molecule has 0 aliphatic carbocycles. The largest absolute Gasteiger partial charge is 0.356 e. The van der Waals surface area contributed by atoms with Gasteiger partial charge in [-0.1, -0.05) is 6.07 Å². The molecule has 3 rings (SSSR count). The fourth-order valence-electron chi connectivity index (χ4n) is 2.99. The Bertz CT molecular complexity index is 998. The molecule has 2 N–H and O–H groups in total. The van der Waals surface area contributed by atoms with Crippen LogP contribution in [0.4, 0.5) is 5.69 Å². The minimum atomic E-state index is -0.0600. The molecule has 0 saturated heterocycles. The van der Waals surface area contributed by atoms with Gasteiger partial charge in [0.15, 0.2) is 0 Å². The van der Waals surface area contributed by atoms with E-state index in [1.807, 2.05) is 42.3 Å². The third-order valence-corrected chi connectivity index (χ3v) is 5.53. The molecule has 1 heterocycles. The Morgan fingerprint density at radius 1 is 1.14 bits per heavy atom. The van der Waals surface area contributed by atoms with Gasteiger partial charge in [0.05, 0.1) is 16.8 Å². The third-order valence-electron chi connectivity index (χ3n) is 4.46. The first kappa shape index (κ1) is 21.0. The SMILES string of the molecule is CC(=O)NCCCN(C)CC(=O)Nc1ccc(-c2nc3ccc(C)cc3s2)cc1. The van der Waals surface area contributed by atoms with Gasteiger partial charge in [-0.25, -0.2) is 4.98 Å². The van der Waals surface area contributed by atoms with Crippen LogP contribution < -0.4 is 10.6 Å². The van der Waals surface area contributed by atoms with Gasteiger partial charge in [-0.3, -0.25) is 14.5 Å². The summed E-state index contributed by atoms with van der Waals surface area (Å²) in [5, 5.41) is 6.65. The molecule has 0 aliphatic rings. The van der Waals surface area contributed by atoms with Crippen molar-refractivity contribution >= 4 is 39.1 Å². The second-order valence-corrected chi connectivity index (χ2v) is 8.22. The van der Waals surface area contributed by atoms with Crippen LogP contribution in [-0.4, -0.2) is 48.4 Å². The Labute approximate surface area is 174 Å². The van der Waals surface area contributed by atoms with Crippen molar-refractivity contribution in [3.05, 3.63) is 48.0 Å². The van der Waals surface area contributed by atoms with Gasteiger partial charge < -0.3 is 10.6 Å². The van der Waals surface area contributed by atoms with Crippen LogP contribution in [0.1, 0.15) is 18.9 Å². The van der Waals surface area contributed by atoms with Crippen LogP contribution in [0.5, 0.6) is 0 Å². The van der Waals surface area contributed by atoms with E-state index in [-0.39, 0.29) is 11.8 Å². The topological polar surface area (TPSA) is 74.3 Å². The molecule has 7 heteroatoms. The average molecular weight is 411 g/mol. The second kappa shape index (κ2) is 9.62. The number of carbonyl (C=O) groups excluding carboxylic acids is 2. The fraction of sp³-hybridized carbons (Fsp3) is 0.318. The number of nitrogens with zero attached hydrogens (tertiary/aromatic N) is 2. The lowest BCUT2D eigenvalue weighted by Gasteiger charge is -2.16. The van der Waals surface area contributed by atoms with Crippen molar-refractivity contribution in [1.82, 2.24) is 15.2 Å². The Morgan fingerprint density at radius 3 is 2.62 bits per heavy atom. The first-order valence-corrected chi connectivity index (χ1v) is 10.4. The molecule has 3 aromatic rings. The summed E-state index contributed by atoms with van der Waals surface area (Å²) in [6.07, 6.45) is 0.805. The minimum absolute atomic E-state index is 0.0326. The van der Waals surface area contributed by atoms with E-state index in [1.165, 1.54) is 17.2 Å². The molecular formula is C22H26N4O2S. The molecule has 152 valence electrons. The first-order chi connectivity index (χ1) is 13.9. The van der Waals surface area contributed by atoms with E-state index >= 15 is 0 Å². The summed E-state index contributed by atoms with van der Waals surface area (Å²) in [6, 6.07) is 14.0. The van der Waals surface area contributed by atoms with E-state index < -0.39 is 0 Å². The summed E-state index contributed by atoms with van der Waals surface area (Å²) in [5.74, 6) is -0.0926. The number of hydrogen-bond donors (Lipinski definition) is 2. The standard InChI is InChI=1S/C22H26N4O2S/c1-15-5-10-19-20(13-15)29-22(25-19)17-6-8-18(9-7-17)24-21(28)14-26(3)12-4-11-23-16(2)27/h5-10,13H,4,11-12,14H2,1-3H3,(H,23,27)(H,24,28). The van der Waals surface area contributed by atoms with Gasteiger partial charge in [0.2, 0.25) is 11.8 Å². The highest BCUT2D eigenvalue weighted by molar-refractivity contribution is 7.21. The molecule has 1 aromatic heterocycles. The van der Waals surface area contributed by atoms with Crippen molar-refractivity contribution < 1.29 is 9.59 Å². The molecule has 2 amide bonds. The van der Waals surface area contributed by atoms with Crippen LogP contribution in [-0.2, 0) is 9.59 Å². The first-order valence-electron chi connectivity index (χ1n) is 9.61. The van der Waals surface area contributed by atoms with Crippen molar-refractivity contribution in [2.24, 2.45) is 0 Å². The van der Waals surface area contributed by atoms with Gasteiger partial charge in [0.1, 0.15) is 5.01 Å². The van der Waals surface area contributed by atoms with Crippen molar-refractivity contribution in [2.75, 3.05) is 32.0 Å². The van der Waals surface area contributed by atoms with Crippen LogP contribution in [0.3, 0.4) is 0 Å². The molecule has 0 atom stereocenters. The zero-order valence-electron chi connectivity index (χ0n) is 17.0. The predicted octanol–water partition coefficient (Wildman–Crippen LogP) is 3.67. The summed E-state index contributed by atoms with van der Waals surface area (Å²) in [7, 11) is 1.89. The predicted molar refractivity (Wildman–Crippen MR) is 119 cm³/mol. The smallest absolute Gasteiger partial charge is 0.238 e. The zero-order valence-corrected chi connectivity index (χ0v) is 17.8. The maximum absolute atomic E-state index is 12.2. The summed E-state index contributed by atoms with van der Waals surface area (Å²) >= 11 is 1.67. The lowest BCUT2D eigenvalue weighted by Crippen LogP contribution is -2.32. The molecule has 2 aromatic carbocycles. The van der Waals surface area contributed by atoms with Crippen molar-refractivity contribution in [1.29, 1.82) is 0 Å². The summed E-state index contributed by atoms with van der Waals surface area (Å²) in [4.78, 5) is 29.7. The van der Waals surface area contributed by atoms with Gasteiger partial charge in [0.25, 0.3) is 0 Å². The molecular weight excluding hydrogens is 384 g/mol. The van der Waals surface area contributed by atoms with Crippen LogP contribution >= 0.6 is 11.3 Å². The van der Waals surface area contributed by atoms with E-state index in [0.29, 0.717) is 13.1 Å². The normalized spacial score (nSPS) is 11.0. The molecule has 0 radical (unpaired) electrons. The van der Waals surface area contributed by atoms with Gasteiger partial charge in [-0.2, -0.15) is 0 Å². The maximum atomic E-state index is 12.2. The van der Waals surface area contributed by atoms with Gasteiger partial charge in [0, 0.05) is 31.3 Å². The second-order valence-electron chi connectivity index (χ2n) is 7.19. The van der Waals surface area contributed by atoms with Crippen LogP contribution in [0.2, 0.25) is 0 Å². The Balaban J connectivity index is 1.53. The number of aryl methyl sites for hydroxylation is 1. The molecule has 29 heavy (non-hydrogen) atoms. The minimum Gasteiger partial charge on any atom is -0.356 e. The third kappa shape index (κ3) is 6.10. The molecule has 0 unspecified atom stereocenters. The van der Waals surface area contributed by atoms with Crippen molar-refractivity contribution in [3.63, 3.8) is 0 Å². The van der Waals surface area contributed by atoms with E-state index in [1.54, 1.807) is 11.3 Å². The Hall–Kier alpha value is -2.77. The number of thiazole rings is 1. The van der Waals surface area contributed by atoms with Gasteiger partial charge in [-0.15, -0.1) is 11.3 Å². The lowest BCUT2D eigenvalue weighted by molar-refractivity contribution is -0.119. The van der Waals surface area contributed by atoms with Crippen molar-refractivity contribution in [3.8, 4) is 10.6 Å². The van der Waals surface area contributed by atoms with E-state index in [9.17, 15) is 9.59 Å². The Kier molecular flexibility index (Phi) is 6.95. The van der Waals surface area contributed by atoms with Gasteiger partial charge >= 0.3 is 0 Å². The number of fused-ring (bicyclic) bond motifs is 1. The summed E-state index contributed by atoms with van der Waals surface area (Å²) in [5.41, 5.74) is 4.04. The monoisotopic (exact) mass is 410 g/mol. The molecule has 6 nitrogen and oxygen atoms in total. The van der Waals surface area contributed by atoms with E-state index in [2.05, 4.69) is 29.7 Å². The highest BCUT2D eigenvalue weighted by Gasteiger charge is 2.09. The molecule has 0 aliphatic heterocycles. The number of hydrogen-bond acceptors (Lipinski definition) is 5. The number of rotatable bonds is 8. The quantitative estimate of drug-likeness (QED) is 0.556. The van der Waals surface area contributed by atoms with E-state index in [4.69, 9.17) is 4.98 Å². The summed E-state index contributed by atoms with van der Waals surface area (Å²) in [6.45, 7) is 5.24. The maximum Gasteiger partial charge on any atom is 0.238 e. The molecule has 0 fully saturated rings. The fourth-order valence-corrected chi connectivity index (χ4v) is 4.06. The number of benzene rings is 2. The summed E-state index contributed by atoms with van der Waals surface area (Å²) < 4.78 is 1.18. The highest BCUT2D eigenvalue weighted by atomic mass is 32.1. The van der Waals surface area contributed by atoms with Crippen LogP contribution in [0.25, 0.3) is 20.8 Å². The zero-order chi connectivity index (χ0) is 20.8. The number of carbonyl (C=O) groups is 2. The average Bonchev–Trinajstić information content (AvgIpc) is 3.08. The number of likely N-dealkylation sites (N-methyl/N-ethyl adjacent to an activating group) is 1. The molecule has 0 bridgehead atoms. The van der Waals surface area contributed by atoms with Crippen LogP contribution in [0.15, 0.2) is 42.5 Å². The Morgan fingerprint density at radius 2 is 1.90 bits per heavy atom.